The Morgan fingerprint density at radius 2 is 1.96 bits per heavy atom. The van der Waals surface area contributed by atoms with E-state index in [-0.39, 0.29) is 17.9 Å². The van der Waals surface area contributed by atoms with Crippen LogP contribution in [0.4, 0.5) is 13.2 Å². The lowest BCUT2D eigenvalue weighted by Gasteiger charge is -2.34. The summed E-state index contributed by atoms with van der Waals surface area (Å²) >= 11 is 0. The minimum atomic E-state index is -4.35. The van der Waals surface area contributed by atoms with Crippen LogP contribution in [-0.2, 0) is 0 Å². The van der Waals surface area contributed by atoms with Crippen molar-refractivity contribution in [3.05, 3.63) is 42.1 Å². The van der Waals surface area contributed by atoms with E-state index in [1.807, 2.05) is 38.1 Å². The van der Waals surface area contributed by atoms with Crippen LogP contribution in [-0.4, -0.2) is 22.6 Å². The average Bonchev–Trinajstić information content (AvgIpc) is 2.52. The molecule has 0 aliphatic heterocycles. The number of nitrogens with one attached hydrogen (secondary N) is 1. The fraction of sp³-hybridized carbons (Fsp3) is 0.500. The number of hydrogen-bond acceptors (Lipinski definition) is 2. The summed E-state index contributed by atoms with van der Waals surface area (Å²) in [6.45, 7) is 5.39. The van der Waals surface area contributed by atoms with E-state index in [0.29, 0.717) is 0 Å². The molecule has 142 valence electrons. The van der Waals surface area contributed by atoms with E-state index in [9.17, 15) is 18.0 Å². The van der Waals surface area contributed by atoms with Gasteiger partial charge < -0.3 is 5.32 Å². The maximum Gasteiger partial charge on any atom is 0.391 e. The molecule has 0 aliphatic rings. The van der Waals surface area contributed by atoms with E-state index < -0.39 is 24.0 Å². The monoisotopic (exact) mass is 366 g/mol. The third kappa shape index (κ3) is 5.71. The fourth-order valence-electron chi connectivity index (χ4n) is 3.52. The molecule has 1 N–H and O–H groups in total. The Labute approximate surface area is 152 Å². The first-order valence-electron chi connectivity index (χ1n) is 8.86. The molecule has 0 bridgehead atoms. The second-order valence-electron chi connectivity index (χ2n) is 7.32. The number of halogens is 3. The number of amides is 1. The Bertz CT molecular complexity index is 760. The quantitative estimate of drug-likeness (QED) is 0.703. The first-order chi connectivity index (χ1) is 12.1. The molecule has 2 rings (SSSR count). The summed E-state index contributed by atoms with van der Waals surface area (Å²) in [5.41, 5.74) is -0.353. The molecule has 2 unspecified atom stereocenters. The lowest BCUT2D eigenvalue weighted by atomic mass is 9.84. The average molecular weight is 366 g/mol. The summed E-state index contributed by atoms with van der Waals surface area (Å²) in [4.78, 5) is 16.8. The van der Waals surface area contributed by atoms with Crippen molar-refractivity contribution < 1.29 is 18.0 Å². The smallest absolute Gasteiger partial charge is 0.346 e. The summed E-state index contributed by atoms with van der Waals surface area (Å²) in [7, 11) is 0. The zero-order valence-electron chi connectivity index (χ0n) is 15.4. The SMILES string of the molecule is CCCC(C)CC(C)(CC(F)(F)F)NC(=O)c1cnc2ccccc2c1. The molecule has 0 aliphatic carbocycles. The minimum absolute atomic E-state index is 0.0855. The van der Waals surface area contributed by atoms with Gasteiger partial charge in [0.2, 0.25) is 0 Å². The molecule has 0 radical (unpaired) electrons. The molecule has 1 amide bonds. The van der Waals surface area contributed by atoms with Crippen LogP contribution in [0, 0.1) is 5.92 Å². The lowest BCUT2D eigenvalue weighted by molar-refractivity contribution is -0.149. The van der Waals surface area contributed by atoms with Gasteiger partial charge >= 0.3 is 6.18 Å². The molecule has 1 aromatic heterocycles. The predicted molar refractivity (Wildman–Crippen MR) is 97.0 cm³/mol. The number of pyridine rings is 1. The van der Waals surface area contributed by atoms with Crippen molar-refractivity contribution in [2.75, 3.05) is 0 Å². The van der Waals surface area contributed by atoms with Crippen molar-refractivity contribution in [3.63, 3.8) is 0 Å². The van der Waals surface area contributed by atoms with Gasteiger partial charge in [0.15, 0.2) is 0 Å². The molecule has 2 aromatic rings. The van der Waals surface area contributed by atoms with Crippen molar-refractivity contribution in [3.8, 4) is 0 Å². The number of rotatable bonds is 7. The Morgan fingerprint density at radius 3 is 2.62 bits per heavy atom. The minimum Gasteiger partial charge on any atom is -0.346 e. The molecule has 0 fully saturated rings. The van der Waals surface area contributed by atoms with E-state index >= 15 is 0 Å². The largest absolute Gasteiger partial charge is 0.391 e. The van der Waals surface area contributed by atoms with E-state index in [1.165, 1.54) is 13.1 Å². The van der Waals surface area contributed by atoms with E-state index in [4.69, 9.17) is 0 Å². The molecule has 1 heterocycles. The van der Waals surface area contributed by atoms with Crippen molar-refractivity contribution in [1.82, 2.24) is 10.3 Å². The summed E-state index contributed by atoms with van der Waals surface area (Å²) < 4.78 is 39.3. The van der Waals surface area contributed by atoms with Gasteiger partial charge in [-0.1, -0.05) is 44.9 Å². The van der Waals surface area contributed by atoms with Gasteiger partial charge in [-0.3, -0.25) is 9.78 Å². The molecule has 3 nitrogen and oxygen atoms in total. The van der Waals surface area contributed by atoms with Crippen LogP contribution in [0.1, 0.15) is 56.8 Å². The Balaban J connectivity index is 2.22. The van der Waals surface area contributed by atoms with Gasteiger partial charge in [-0.15, -0.1) is 0 Å². The number of alkyl halides is 3. The molecule has 1 aromatic carbocycles. The second-order valence-corrected chi connectivity index (χ2v) is 7.32. The van der Waals surface area contributed by atoms with Gasteiger partial charge in [-0.2, -0.15) is 13.2 Å². The number of carbonyl (C=O) groups is 1. The predicted octanol–water partition coefficient (Wildman–Crippen LogP) is 5.50. The standard InChI is InChI=1S/C20H25F3N2O/c1-4-7-14(2)11-19(3,13-20(21,22)23)25-18(26)16-10-15-8-5-6-9-17(15)24-12-16/h5-6,8-10,12,14H,4,7,11,13H2,1-3H3,(H,25,26). The van der Waals surface area contributed by atoms with Crippen molar-refractivity contribution in [1.29, 1.82) is 0 Å². The molecule has 26 heavy (non-hydrogen) atoms. The molecular weight excluding hydrogens is 341 g/mol. The van der Waals surface area contributed by atoms with Crippen LogP contribution in [0.2, 0.25) is 0 Å². The van der Waals surface area contributed by atoms with Gasteiger partial charge in [0, 0.05) is 17.1 Å². The van der Waals surface area contributed by atoms with Crippen molar-refractivity contribution in [2.24, 2.45) is 5.92 Å². The summed E-state index contributed by atoms with van der Waals surface area (Å²) in [5.74, 6) is -0.443. The Hall–Kier alpha value is -2.11. The zero-order chi connectivity index (χ0) is 19.4. The molecule has 2 atom stereocenters. The molecule has 0 saturated heterocycles. The number of fused-ring (bicyclic) bond motifs is 1. The molecule has 0 saturated carbocycles. The summed E-state index contributed by atoms with van der Waals surface area (Å²) in [6.07, 6.45) is -2.02. The van der Waals surface area contributed by atoms with Crippen LogP contribution in [0.25, 0.3) is 10.9 Å². The first kappa shape index (κ1) is 20.2. The number of hydrogen-bond donors (Lipinski definition) is 1. The first-order valence-corrected chi connectivity index (χ1v) is 8.86. The highest BCUT2D eigenvalue weighted by Gasteiger charge is 2.41. The third-order valence-electron chi connectivity index (χ3n) is 4.44. The van der Waals surface area contributed by atoms with Crippen molar-refractivity contribution >= 4 is 16.8 Å². The maximum atomic E-state index is 13.1. The summed E-state index contributed by atoms with van der Waals surface area (Å²) in [6, 6.07) is 8.95. The topological polar surface area (TPSA) is 42.0 Å². The highest BCUT2D eigenvalue weighted by Crippen LogP contribution is 2.33. The van der Waals surface area contributed by atoms with Gasteiger partial charge in [0.1, 0.15) is 0 Å². The molecular formula is C20H25F3N2O. The van der Waals surface area contributed by atoms with E-state index in [0.717, 1.165) is 23.7 Å². The van der Waals surface area contributed by atoms with Gasteiger partial charge in [-0.05, 0) is 31.4 Å². The Kier molecular flexibility index (Phi) is 6.26. The van der Waals surface area contributed by atoms with Crippen LogP contribution in [0.15, 0.2) is 36.5 Å². The molecule has 0 spiro atoms. The highest BCUT2D eigenvalue weighted by molar-refractivity contribution is 5.97. The number of para-hydroxylation sites is 1. The van der Waals surface area contributed by atoms with E-state index in [1.54, 1.807) is 6.07 Å². The summed E-state index contributed by atoms with van der Waals surface area (Å²) in [5, 5.41) is 3.40. The fourth-order valence-corrected chi connectivity index (χ4v) is 3.52. The number of nitrogens with zero attached hydrogens (tertiary/aromatic N) is 1. The Morgan fingerprint density at radius 1 is 1.27 bits per heavy atom. The second kappa shape index (κ2) is 8.06. The molecule has 6 heteroatoms. The number of aromatic nitrogens is 1. The van der Waals surface area contributed by atoms with Crippen LogP contribution in [0.3, 0.4) is 0 Å². The maximum absolute atomic E-state index is 13.1. The van der Waals surface area contributed by atoms with Crippen molar-refractivity contribution in [2.45, 2.75) is 58.2 Å². The lowest BCUT2D eigenvalue weighted by Crippen LogP contribution is -2.49. The van der Waals surface area contributed by atoms with Gasteiger partial charge in [0.25, 0.3) is 5.91 Å². The zero-order valence-corrected chi connectivity index (χ0v) is 15.4. The van der Waals surface area contributed by atoms with Gasteiger partial charge in [0.05, 0.1) is 17.5 Å². The normalized spacial score (nSPS) is 15.5. The third-order valence-corrected chi connectivity index (χ3v) is 4.44. The number of benzene rings is 1. The van der Waals surface area contributed by atoms with E-state index in [2.05, 4.69) is 10.3 Å². The van der Waals surface area contributed by atoms with Crippen LogP contribution >= 0.6 is 0 Å². The number of carbonyl (C=O) groups excluding carboxylic acids is 1. The van der Waals surface area contributed by atoms with Gasteiger partial charge in [-0.25, -0.2) is 0 Å². The van der Waals surface area contributed by atoms with Crippen LogP contribution in [0.5, 0.6) is 0 Å². The highest BCUT2D eigenvalue weighted by atomic mass is 19.4. The van der Waals surface area contributed by atoms with Crippen LogP contribution < -0.4 is 5.32 Å².